The van der Waals surface area contributed by atoms with Crippen molar-refractivity contribution in [1.82, 2.24) is 0 Å². The lowest BCUT2D eigenvalue weighted by Crippen LogP contribution is -2.36. The highest BCUT2D eigenvalue weighted by molar-refractivity contribution is 6.66. The van der Waals surface area contributed by atoms with E-state index in [0.717, 1.165) is 6.04 Å². The summed E-state index contributed by atoms with van der Waals surface area (Å²) in [5.74, 6) is 0. The van der Waals surface area contributed by atoms with Crippen molar-refractivity contribution in [3.05, 3.63) is 11.6 Å². The second kappa shape index (κ2) is 4.69. The van der Waals surface area contributed by atoms with E-state index in [1.54, 1.807) is 14.2 Å². The van der Waals surface area contributed by atoms with Crippen molar-refractivity contribution in [2.45, 2.75) is 26.4 Å². The van der Waals surface area contributed by atoms with Gasteiger partial charge in [0, 0.05) is 20.3 Å². The van der Waals surface area contributed by atoms with Gasteiger partial charge in [-0.1, -0.05) is 11.6 Å². The van der Waals surface area contributed by atoms with E-state index in [4.69, 9.17) is 8.85 Å². The van der Waals surface area contributed by atoms with Crippen LogP contribution in [0.15, 0.2) is 11.6 Å². The SMILES string of the molecule is CC=C(C)C[Si](C)(OC)OC. The van der Waals surface area contributed by atoms with Gasteiger partial charge in [-0.3, -0.25) is 0 Å². The molecule has 0 aliphatic rings. The van der Waals surface area contributed by atoms with Crippen LogP contribution in [-0.2, 0) is 8.85 Å². The van der Waals surface area contributed by atoms with E-state index in [9.17, 15) is 0 Å². The first-order chi connectivity index (χ1) is 5.08. The average Bonchev–Trinajstić information content (AvgIpc) is 2.04. The van der Waals surface area contributed by atoms with E-state index in [1.807, 2.05) is 6.92 Å². The molecule has 0 saturated carbocycles. The summed E-state index contributed by atoms with van der Waals surface area (Å²) < 4.78 is 10.7. The first-order valence-electron chi connectivity index (χ1n) is 3.80. The molecule has 0 aromatic carbocycles. The topological polar surface area (TPSA) is 18.5 Å². The zero-order valence-electron chi connectivity index (χ0n) is 8.10. The number of hydrogen-bond donors (Lipinski definition) is 0. The van der Waals surface area contributed by atoms with Crippen molar-refractivity contribution >= 4 is 8.56 Å². The normalized spacial score (nSPS) is 13.7. The van der Waals surface area contributed by atoms with Gasteiger partial charge >= 0.3 is 8.56 Å². The highest BCUT2D eigenvalue weighted by Crippen LogP contribution is 2.16. The minimum atomic E-state index is -1.85. The fraction of sp³-hybridized carbons (Fsp3) is 0.750. The molecule has 0 saturated heterocycles. The van der Waals surface area contributed by atoms with Gasteiger partial charge in [0.15, 0.2) is 0 Å². The van der Waals surface area contributed by atoms with Gasteiger partial charge in [0.25, 0.3) is 0 Å². The first kappa shape index (κ1) is 10.9. The molecule has 2 nitrogen and oxygen atoms in total. The molecule has 0 spiro atoms. The van der Waals surface area contributed by atoms with E-state index in [-0.39, 0.29) is 0 Å². The predicted octanol–water partition coefficient (Wildman–Crippen LogP) is 2.32. The second-order valence-electron chi connectivity index (χ2n) is 2.85. The van der Waals surface area contributed by atoms with Crippen molar-refractivity contribution in [2.75, 3.05) is 14.2 Å². The molecule has 0 bridgehead atoms. The van der Waals surface area contributed by atoms with Crippen molar-refractivity contribution in [2.24, 2.45) is 0 Å². The highest BCUT2D eigenvalue weighted by Gasteiger charge is 2.28. The van der Waals surface area contributed by atoms with Crippen molar-refractivity contribution in [3.8, 4) is 0 Å². The van der Waals surface area contributed by atoms with Crippen LogP contribution in [0, 0.1) is 0 Å². The molecule has 3 heteroatoms. The molecule has 66 valence electrons. The summed E-state index contributed by atoms with van der Waals surface area (Å²) in [6, 6.07) is 0.955. The van der Waals surface area contributed by atoms with Crippen molar-refractivity contribution in [3.63, 3.8) is 0 Å². The standard InChI is InChI=1S/C8H18O2Si/c1-6-8(2)7-11(5,9-3)10-4/h6H,7H2,1-5H3. The van der Waals surface area contributed by atoms with Crippen LogP contribution >= 0.6 is 0 Å². The molecule has 0 radical (unpaired) electrons. The zero-order valence-corrected chi connectivity index (χ0v) is 9.10. The monoisotopic (exact) mass is 174 g/mol. The minimum absolute atomic E-state index is 0.955. The molecule has 0 aromatic rings. The van der Waals surface area contributed by atoms with Gasteiger partial charge in [-0.05, 0) is 20.4 Å². The lowest BCUT2D eigenvalue weighted by atomic mass is 10.3. The van der Waals surface area contributed by atoms with Gasteiger partial charge < -0.3 is 8.85 Å². The molecule has 0 aliphatic heterocycles. The highest BCUT2D eigenvalue weighted by atomic mass is 28.4. The van der Waals surface area contributed by atoms with Crippen LogP contribution in [0.5, 0.6) is 0 Å². The maximum Gasteiger partial charge on any atom is 0.338 e. The quantitative estimate of drug-likeness (QED) is 0.481. The summed E-state index contributed by atoms with van der Waals surface area (Å²) in [6.07, 6.45) is 2.10. The lowest BCUT2D eigenvalue weighted by molar-refractivity contribution is 0.252. The van der Waals surface area contributed by atoms with E-state index < -0.39 is 8.56 Å². The van der Waals surface area contributed by atoms with Gasteiger partial charge in [0.2, 0.25) is 0 Å². The third kappa shape index (κ3) is 3.70. The molecule has 0 N–H and O–H groups in total. The smallest absolute Gasteiger partial charge is 0.338 e. The van der Waals surface area contributed by atoms with Crippen LogP contribution in [-0.4, -0.2) is 22.8 Å². The molecule has 0 unspecified atom stereocenters. The molecular weight excluding hydrogens is 156 g/mol. The fourth-order valence-corrected chi connectivity index (χ4v) is 2.51. The van der Waals surface area contributed by atoms with Crippen LogP contribution in [0.3, 0.4) is 0 Å². The Hall–Kier alpha value is -0.123. The van der Waals surface area contributed by atoms with Gasteiger partial charge in [0.05, 0.1) is 0 Å². The molecule has 0 aliphatic carbocycles. The third-order valence-corrected chi connectivity index (χ3v) is 4.88. The van der Waals surface area contributed by atoms with Crippen LogP contribution in [0.2, 0.25) is 12.6 Å². The largest absolute Gasteiger partial charge is 0.398 e. The fourth-order valence-electron chi connectivity index (χ4n) is 0.836. The Kier molecular flexibility index (Phi) is 4.64. The third-order valence-electron chi connectivity index (χ3n) is 1.96. The van der Waals surface area contributed by atoms with Gasteiger partial charge in [-0.25, -0.2) is 0 Å². The summed E-state index contributed by atoms with van der Waals surface area (Å²) in [6.45, 7) is 6.21. The summed E-state index contributed by atoms with van der Waals surface area (Å²) in [4.78, 5) is 0. The number of hydrogen-bond acceptors (Lipinski definition) is 2. The Balaban J connectivity index is 4.08. The molecule has 0 rings (SSSR count). The molecule has 0 amide bonds. The van der Waals surface area contributed by atoms with Gasteiger partial charge in [-0.2, -0.15) is 0 Å². The second-order valence-corrected chi connectivity index (χ2v) is 6.29. The number of allylic oxidation sites excluding steroid dienone is 2. The van der Waals surface area contributed by atoms with E-state index >= 15 is 0 Å². The molecular formula is C8H18O2Si. The Bertz CT molecular complexity index is 139. The maximum atomic E-state index is 5.34. The Morgan fingerprint density at radius 3 is 2.09 bits per heavy atom. The maximum absolute atomic E-state index is 5.34. The van der Waals surface area contributed by atoms with Gasteiger partial charge in [0.1, 0.15) is 0 Å². The Morgan fingerprint density at radius 1 is 1.36 bits per heavy atom. The molecule has 0 atom stereocenters. The summed E-state index contributed by atoms with van der Waals surface area (Å²) in [5.41, 5.74) is 1.34. The van der Waals surface area contributed by atoms with Crippen molar-refractivity contribution < 1.29 is 8.85 Å². The minimum Gasteiger partial charge on any atom is -0.398 e. The van der Waals surface area contributed by atoms with Gasteiger partial charge in [-0.15, -0.1) is 0 Å². The molecule has 0 fully saturated rings. The molecule has 11 heavy (non-hydrogen) atoms. The Labute approximate surface area is 70.5 Å². The number of rotatable bonds is 4. The zero-order chi connectivity index (χ0) is 8.91. The van der Waals surface area contributed by atoms with Crippen LogP contribution in [0.1, 0.15) is 13.8 Å². The van der Waals surface area contributed by atoms with Crippen LogP contribution in [0.4, 0.5) is 0 Å². The first-order valence-corrected chi connectivity index (χ1v) is 6.32. The van der Waals surface area contributed by atoms with Crippen LogP contribution in [0.25, 0.3) is 0 Å². The summed E-state index contributed by atoms with van der Waals surface area (Å²) in [5, 5.41) is 0. The predicted molar refractivity (Wildman–Crippen MR) is 49.9 cm³/mol. The average molecular weight is 174 g/mol. The molecule has 0 heterocycles. The molecule has 0 aromatic heterocycles. The Morgan fingerprint density at radius 2 is 1.82 bits per heavy atom. The summed E-state index contributed by atoms with van der Waals surface area (Å²) in [7, 11) is 1.59. The van der Waals surface area contributed by atoms with Crippen LogP contribution < -0.4 is 0 Å². The van der Waals surface area contributed by atoms with E-state index in [0.29, 0.717) is 0 Å². The van der Waals surface area contributed by atoms with E-state index in [1.165, 1.54) is 5.57 Å². The summed E-state index contributed by atoms with van der Waals surface area (Å²) >= 11 is 0. The van der Waals surface area contributed by atoms with E-state index in [2.05, 4.69) is 19.5 Å². The lowest BCUT2D eigenvalue weighted by Gasteiger charge is -2.22. The van der Waals surface area contributed by atoms with Crippen molar-refractivity contribution in [1.29, 1.82) is 0 Å².